The van der Waals surface area contributed by atoms with Crippen LogP contribution in [0, 0.1) is 0 Å². The minimum Gasteiger partial charge on any atom is -0.488 e. The summed E-state index contributed by atoms with van der Waals surface area (Å²) in [6, 6.07) is 7.31. The van der Waals surface area contributed by atoms with Crippen molar-refractivity contribution in [3.8, 4) is 5.75 Å². The Balaban J connectivity index is 1.47. The number of amides is 1. The Morgan fingerprint density at radius 3 is 2.76 bits per heavy atom. The van der Waals surface area contributed by atoms with Crippen LogP contribution in [0.4, 0.5) is 5.69 Å². The molecule has 1 aliphatic rings. The smallest absolute Gasteiger partial charge is 0.224 e. The van der Waals surface area contributed by atoms with Gasteiger partial charge in [0.15, 0.2) is 0 Å². The Hall–Kier alpha value is -2.34. The molecular weight excluding hydrogens is 318 g/mol. The zero-order valence-corrected chi connectivity index (χ0v) is 14.5. The van der Waals surface area contributed by atoms with Crippen molar-refractivity contribution in [2.75, 3.05) is 5.32 Å². The maximum Gasteiger partial charge on any atom is 0.224 e. The summed E-state index contributed by atoms with van der Waals surface area (Å²) in [5.41, 5.74) is 1.79. The molecule has 25 heavy (non-hydrogen) atoms. The third kappa shape index (κ3) is 5.06. The average molecular weight is 343 g/mol. The number of aliphatic hydroxyl groups excluding tert-OH is 1. The highest BCUT2D eigenvalue weighted by Crippen LogP contribution is 2.25. The number of aromatic nitrogens is 2. The van der Waals surface area contributed by atoms with E-state index >= 15 is 0 Å². The van der Waals surface area contributed by atoms with Gasteiger partial charge in [-0.3, -0.25) is 9.48 Å². The molecule has 134 valence electrons. The fraction of sp³-hybridized carbons (Fsp3) is 0.474. The second-order valence-electron chi connectivity index (χ2n) is 6.60. The van der Waals surface area contributed by atoms with Crippen molar-refractivity contribution < 1.29 is 14.6 Å². The zero-order valence-electron chi connectivity index (χ0n) is 14.5. The summed E-state index contributed by atoms with van der Waals surface area (Å²) in [4.78, 5) is 12.0. The molecule has 0 radical (unpaired) electrons. The molecule has 1 fully saturated rings. The van der Waals surface area contributed by atoms with Gasteiger partial charge < -0.3 is 15.2 Å². The lowest BCUT2D eigenvalue weighted by atomic mass is 9.95. The van der Waals surface area contributed by atoms with Crippen molar-refractivity contribution in [1.82, 2.24) is 9.78 Å². The summed E-state index contributed by atoms with van der Waals surface area (Å²) in [6.07, 6.45) is 8.09. The number of nitrogens with one attached hydrogen (secondary N) is 1. The van der Waals surface area contributed by atoms with E-state index in [1.165, 1.54) is 0 Å². The fourth-order valence-corrected chi connectivity index (χ4v) is 3.09. The molecule has 0 aliphatic heterocycles. The monoisotopic (exact) mass is 343 g/mol. The van der Waals surface area contributed by atoms with Crippen LogP contribution in [0.2, 0.25) is 0 Å². The van der Waals surface area contributed by atoms with Crippen LogP contribution in [-0.4, -0.2) is 33.0 Å². The van der Waals surface area contributed by atoms with Crippen LogP contribution in [-0.2, 0) is 18.3 Å². The Morgan fingerprint density at radius 2 is 2.08 bits per heavy atom. The normalized spacial score (nSPS) is 20.2. The van der Waals surface area contributed by atoms with Crippen molar-refractivity contribution in [2.24, 2.45) is 7.05 Å². The number of hydrogen-bond acceptors (Lipinski definition) is 4. The molecule has 0 bridgehead atoms. The van der Waals surface area contributed by atoms with Crippen LogP contribution in [0.15, 0.2) is 36.7 Å². The van der Waals surface area contributed by atoms with E-state index in [4.69, 9.17) is 4.74 Å². The van der Waals surface area contributed by atoms with E-state index in [1.54, 1.807) is 10.9 Å². The molecule has 1 aromatic carbocycles. The Labute approximate surface area is 147 Å². The molecule has 0 unspecified atom stereocenters. The number of carbonyl (C=O) groups excluding carboxylic acids is 1. The van der Waals surface area contributed by atoms with Crippen LogP contribution in [0.25, 0.3) is 0 Å². The minimum atomic E-state index is -0.388. The number of nitrogens with zero attached hydrogens (tertiary/aromatic N) is 2. The van der Waals surface area contributed by atoms with Gasteiger partial charge in [0.25, 0.3) is 0 Å². The van der Waals surface area contributed by atoms with E-state index in [-0.39, 0.29) is 18.1 Å². The third-order valence-electron chi connectivity index (χ3n) is 4.49. The number of aryl methyl sites for hydroxylation is 2. The molecule has 6 heteroatoms. The fourth-order valence-electron chi connectivity index (χ4n) is 3.09. The second-order valence-corrected chi connectivity index (χ2v) is 6.60. The van der Waals surface area contributed by atoms with E-state index in [2.05, 4.69) is 10.4 Å². The Kier molecular flexibility index (Phi) is 5.71. The summed E-state index contributed by atoms with van der Waals surface area (Å²) in [6.45, 7) is 0. The van der Waals surface area contributed by atoms with Crippen LogP contribution in [0.3, 0.4) is 0 Å². The number of hydrogen-bond donors (Lipinski definition) is 2. The van der Waals surface area contributed by atoms with Gasteiger partial charge in [-0.1, -0.05) is 6.42 Å². The highest BCUT2D eigenvalue weighted by atomic mass is 16.5. The van der Waals surface area contributed by atoms with Gasteiger partial charge in [0.1, 0.15) is 11.9 Å². The van der Waals surface area contributed by atoms with E-state index in [0.717, 1.165) is 42.7 Å². The molecule has 0 saturated heterocycles. The first-order valence-corrected chi connectivity index (χ1v) is 8.82. The van der Waals surface area contributed by atoms with E-state index in [0.29, 0.717) is 12.8 Å². The first kappa shape index (κ1) is 17.5. The highest BCUT2D eigenvalue weighted by molar-refractivity contribution is 5.90. The van der Waals surface area contributed by atoms with Crippen LogP contribution < -0.4 is 10.1 Å². The standard InChI is InChI=1S/C19H25N3O3/c1-22-13-14(12-20-22)6-11-19(24)21-15-7-9-16(10-8-15)25-18-5-3-2-4-17(18)23/h7-10,12-13,17-18,23H,2-6,11H2,1H3,(H,21,24)/t17-,18+/m0/s1. The first-order valence-electron chi connectivity index (χ1n) is 8.82. The number of aliphatic hydroxyl groups is 1. The van der Waals surface area contributed by atoms with Gasteiger partial charge in [-0.2, -0.15) is 5.10 Å². The lowest BCUT2D eigenvalue weighted by molar-refractivity contribution is -0.116. The van der Waals surface area contributed by atoms with Crippen LogP contribution >= 0.6 is 0 Å². The third-order valence-corrected chi connectivity index (χ3v) is 4.49. The summed E-state index contributed by atoms with van der Waals surface area (Å²) in [5, 5.41) is 17.0. The van der Waals surface area contributed by atoms with Crippen LogP contribution in [0.1, 0.15) is 37.7 Å². The van der Waals surface area contributed by atoms with Gasteiger partial charge in [-0.15, -0.1) is 0 Å². The Bertz CT molecular complexity index is 696. The number of carbonyl (C=O) groups is 1. The van der Waals surface area contributed by atoms with Crippen molar-refractivity contribution in [1.29, 1.82) is 0 Å². The van der Waals surface area contributed by atoms with Gasteiger partial charge in [-0.25, -0.2) is 0 Å². The predicted octanol–water partition coefficient (Wildman–Crippen LogP) is 2.67. The van der Waals surface area contributed by atoms with E-state index in [1.807, 2.05) is 37.5 Å². The van der Waals surface area contributed by atoms with E-state index < -0.39 is 0 Å². The molecule has 1 saturated carbocycles. The van der Waals surface area contributed by atoms with Gasteiger partial charge in [0.05, 0.1) is 12.3 Å². The molecule has 3 rings (SSSR count). The molecule has 1 aromatic heterocycles. The maximum atomic E-state index is 12.0. The minimum absolute atomic E-state index is 0.0276. The topological polar surface area (TPSA) is 76.4 Å². The van der Waals surface area contributed by atoms with Crippen molar-refractivity contribution in [3.05, 3.63) is 42.2 Å². The summed E-state index contributed by atoms with van der Waals surface area (Å²) in [7, 11) is 1.86. The number of ether oxygens (including phenoxy) is 1. The van der Waals surface area contributed by atoms with Gasteiger partial charge in [-0.05, 0) is 55.5 Å². The first-order chi connectivity index (χ1) is 12.1. The van der Waals surface area contributed by atoms with E-state index in [9.17, 15) is 9.90 Å². The molecule has 2 atom stereocenters. The molecule has 0 spiro atoms. The van der Waals surface area contributed by atoms with Crippen molar-refractivity contribution in [2.45, 2.75) is 50.7 Å². The van der Waals surface area contributed by atoms with Crippen molar-refractivity contribution in [3.63, 3.8) is 0 Å². The average Bonchev–Trinajstić information content (AvgIpc) is 3.02. The van der Waals surface area contributed by atoms with Gasteiger partial charge in [0.2, 0.25) is 5.91 Å². The number of rotatable bonds is 6. The Morgan fingerprint density at radius 1 is 1.32 bits per heavy atom. The zero-order chi connectivity index (χ0) is 17.6. The quantitative estimate of drug-likeness (QED) is 0.845. The predicted molar refractivity (Wildman–Crippen MR) is 95.5 cm³/mol. The van der Waals surface area contributed by atoms with Gasteiger partial charge >= 0.3 is 0 Å². The lowest BCUT2D eigenvalue weighted by Gasteiger charge is -2.28. The summed E-state index contributed by atoms with van der Waals surface area (Å²) in [5.74, 6) is 0.694. The van der Waals surface area contributed by atoms with Crippen molar-refractivity contribution >= 4 is 11.6 Å². The largest absolute Gasteiger partial charge is 0.488 e. The molecular formula is C19H25N3O3. The molecule has 1 aliphatic carbocycles. The summed E-state index contributed by atoms with van der Waals surface area (Å²) >= 11 is 0. The second kappa shape index (κ2) is 8.16. The lowest BCUT2D eigenvalue weighted by Crippen LogP contribution is -2.34. The molecule has 2 N–H and O–H groups in total. The number of anilines is 1. The van der Waals surface area contributed by atoms with Crippen LogP contribution in [0.5, 0.6) is 5.75 Å². The molecule has 6 nitrogen and oxygen atoms in total. The SMILES string of the molecule is Cn1cc(CCC(=O)Nc2ccc(O[C@@H]3CCCC[C@@H]3O)cc2)cn1. The molecule has 1 amide bonds. The maximum absolute atomic E-state index is 12.0. The summed E-state index contributed by atoms with van der Waals surface area (Å²) < 4.78 is 7.59. The highest BCUT2D eigenvalue weighted by Gasteiger charge is 2.24. The number of benzene rings is 1. The molecule has 1 heterocycles. The van der Waals surface area contributed by atoms with Gasteiger partial charge in [0, 0.05) is 25.4 Å². The molecule has 2 aromatic rings.